The summed E-state index contributed by atoms with van der Waals surface area (Å²) in [5, 5.41) is 0. The normalized spacial score (nSPS) is 25.4. The van der Waals surface area contributed by atoms with Crippen molar-refractivity contribution in [2.24, 2.45) is 0 Å². The van der Waals surface area contributed by atoms with Gasteiger partial charge in [0.25, 0.3) is 0 Å². The summed E-state index contributed by atoms with van der Waals surface area (Å²) in [7, 11) is 1.65. The molecule has 1 aliphatic heterocycles. The van der Waals surface area contributed by atoms with Crippen molar-refractivity contribution < 1.29 is 19.1 Å². The van der Waals surface area contributed by atoms with Gasteiger partial charge in [0, 0.05) is 20.2 Å². The lowest BCUT2D eigenvalue weighted by Crippen LogP contribution is -2.34. The van der Waals surface area contributed by atoms with E-state index in [2.05, 4.69) is 0 Å². The smallest absolute Gasteiger partial charge is 0.308 e. The molecule has 1 aromatic carbocycles. The van der Waals surface area contributed by atoms with Crippen LogP contribution in [0.15, 0.2) is 30.5 Å². The number of benzene rings is 1. The van der Waals surface area contributed by atoms with Gasteiger partial charge in [0.1, 0.15) is 6.10 Å². The SMILES string of the molecule is COC1CCCC1OC(=O)CC1c2ccccc2C=CN1C(C)=O. The molecule has 3 atom stereocenters. The zero-order valence-electron chi connectivity index (χ0n) is 14.1. The number of carbonyl (C=O) groups is 2. The molecule has 3 unspecified atom stereocenters. The Labute approximate surface area is 142 Å². The largest absolute Gasteiger partial charge is 0.460 e. The molecule has 0 saturated heterocycles. The lowest BCUT2D eigenvalue weighted by Gasteiger charge is -2.32. The molecule has 5 heteroatoms. The second-order valence-electron chi connectivity index (χ2n) is 6.32. The van der Waals surface area contributed by atoms with Gasteiger partial charge in [-0.2, -0.15) is 0 Å². The van der Waals surface area contributed by atoms with E-state index in [1.54, 1.807) is 18.2 Å². The third-order valence-corrected chi connectivity index (χ3v) is 4.81. The molecule has 2 aliphatic rings. The molecule has 1 heterocycles. The second-order valence-corrected chi connectivity index (χ2v) is 6.32. The maximum Gasteiger partial charge on any atom is 0.308 e. The molecule has 1 aromatic rings. The van der Waals surface area contributed by atoms with Gasteiger partial charge in [-0.15, -0.1) is 0 Å². The van der Waals surface area contributed by atoms with Gasteiger partial charge in [0.15, 0.2) is 0 Å². The topological polar surface area (TPSA) is 55.8 Å². The number of ether oxygens (including phenoxy) is 2. The number of amides is 1. The first-order valence-electron chi connectivity index (χ1n) is 8.38. The summed E-state index contributed by atoms with van der Waals surface area (Å²) in [5.74, 6) is -0.375. The Morgan fingerprint density at radius 1 is 1.21 bits per heavy atom. The number of hydrogen-bond acceptors (Lipinski definition) is 4. The van der Waals surface area contributed by atoms with E-state index in [0.717, 1.165) is 30.4 Å². The van der Waals surface area contributed by atoms with Gasteiger partial charge in [0.05, 0.1) is 18.6 Å². The summed E-state index contributed by atoms with van der Waals surface area (Å²) >= 11 is 0. The van der Waals surface area contributed by atoms with Gasteiger partial charge in [-0.1, -0.05) is 24.3 Å². The standard InChI is InChI=1S/C19H23NO4/c1-13(21)20-11-10-14-6-3-4-7-15(14)16(20)12-19(22)24-18-9-5-8-17(18)23-2/h3-4,6-7,10-11,16-18H,5,8-9,12H2,1-2H3. The predicted molar refractivity (Wildman–Crippen MR) is 89.9 cm³/mol. The highest BCUT2D eigenvalue weighted by Gasteiger charge is 2.33. The van der Waals surface area contributed by atoms with Gasteiger partial charge >= 0.3 is 5.97 Å². The lowest BCUT2D eigenvalue weighted by atomic mass is 9.94. The number of carbonyl (C=O) groups excluding carboxylic acids is 2. The molecule has 1 aliphatic carbocycles. The van der Waals surface area contributed by atoms with Crippen LogP contribution in [-0.4, -0.2) is 36.1 Å². The molecular formula is C19H23NO4. The maximum absolute atomic E-state index is 12.5. The molecule has 3 rings (SSSR count). The summed E-state index contributed by atoms with van der Waals surface area (Å²) in [5.41, 5.74) is 2.00. The van der Waals surface area contributed by atoms with Crippen LogP contribution in [0, 0.1) is 0 Å². The Morgan fingerprint density at radius 3 is 2.71 bits per heavy atom. The first kappa shape index (κ1) is 16.7. The third kappa shape index (κ3) is 3.36. The predicted octanol–water partition coefficient (Wildman–Crippen LogP) is 3.06. The number of methoxy groups -OCH3 is 1. The van der Waals surface area contributed by atoms with E-state index in [0.29, 0.717) is 0 Å². The molecular weight excluding hydrogens is 306 g/mol. The summed E-state index contributed by atoms with van der Waals surface area (Å²) in [6, 6.07) is 7.49. The van der Waals surface area contributed by atoms with Crippen molar-refractivity contribution in [3.05, 3.63) is 41.6 Å². The average Bonchev–Trinajstić information content (AvgIpc) is 3.01. The van der Waals surface area contributed by atoms with Gasteiger partial charge in [0.2, 0.25) is 5.91 Å². The van der Waals surface area contributed by atoms with Crippen molar-refractivity contribution in [3.8, 4) is 0 Å². The number of rotatable bonds is 4. The van der Waals surface area contributed by atoms with E-state index < -0.39 is 0 Å². The zero-order chi connectivity index (χ0) is 17.1. The quantitative estimate of drug-likeness (QED) is 0.797. The van der Waals surface area contributed by atoms with Crippen molar-refractivity contribution in [3.63, 3.8) is 0 Å². The van der Waals surface area contributed by atoms with Crippen LogP contribution in [-0.2, 0) is 19.1 Å². The Morgan fingerprint density at radius 2 is 1.96 bits per heavy atom. The van der Waals surface area contributed by atoms with Gasteiger partial charge < -0.3 is 14.4 Å². The summed E-state index contributed by atoms with van der Waals surface area (Å²) in [6.45, 7) is 1.51. The Bertz CT molecular complexity index is 655. The van der Waals surface area contributed by atoms with E-state index >= 15 is 0 Å². The van der Waals surface area contributed by atoms with Gasteiger partial charge in [-0.3, -0.25) is 9.59 Å². The average molecular weight is 329 g/mol. The van der Waals surface area contributed by atoms with E-state index in [-0.39, 0.29) is 36.5 Å². The van der Waals surface area contributed by atoms with Crippen LogP contribution in [0.1, 0.15) is 49.8 Å². The molecule has 0 spiro atoms. The highest BCUT2D eigenvalue weighted by molar-refractivity contribution is 5.80. The van der Waals surface area contributed by atoms with Crippen molar-refractivity contribution in [1.82, 2.24) is 4.90 Å². The van der Waals surface area contributed by atoms with Crippen LogP contribution >= 0.6 is 0 Å². The summed E-state index contributed by atoms with van der Waals surface area (Å²) in [6.07, 6.45) is 6.36. The fourth-order valence-electron chi connectivity index (χ4n) is 3.58. The molecule has 5 nitrogen and oxygen atoms in total. The fourth-order valence-corrected chi connectivity index (χ4v) is 3.58. The first-order valence-corrected chi connectivity index (χ1v) is 8.38. The molecule has 128 valence electrons. The molecule has 1 saturated carbocycles. The highest BCUT2D eigenvalue weighted by atomic mass is 16.6. The molecule has 0 bridgehead atoms. The monoisotopic (exact) mass is 329 g/mol. The van der Waals surface area contributed by atoms with Crippen LogP contribution in [0.5, 0.6) is 0 Å². The van der Waals surface area contributed by atoms with Gasteiger partial charge in [-0.25, -0.2) is 0 Å². The van der Waals surface area contributed by atoms with Gasteiger partial charge in [-0.05, 0) is 36.5 Å². The minimum absolute atomic E-state index is 0.0172. The zero-order valence-corrected chi connectivity index (χ0v) is 14.1. The summed E-state index contributed by atoms with van der Waals surface area (Å²) in [4.78, 5) is 26.0. The van der Waals surface area contributed by atoms with Crippen LogP contribution < -0.4 is 0 Å². The number of hydrogen-bond donors (Lipinski definition) is 0. The van der Waals surface area contributed by atoms with E-state index in [1.807, 2.05) is 30.3 Å². The molecule has 0 N–H and O–H groups in total. The van der Waals surface area contributed by atoms with E-state index in [1.165, 1.54) is 6.92 Å². The van der Waals surface area contributed by atoms with Crippen molar-refractivity contribution >= 4 is 18.0 Å². The summed E-state index contributed by atoms with van der Waals surface area (Å²) < 4.78 is 11.0. The maximum atomic E-state index is 12.5. The number of esters is 1. The van der Waals surface area contributed by atoms with Crippen LogP contribution in [0.4, 0.5) is 0 Å². The third-order valence-electron chi connectivity index (χ3n) is 4.81. The Balaban J connectivity index is 1.75. The Hall–Kier alpha value is -2.14. The van der Waals surface area contributed by atoms with Crippen molar-refractivity contribution in [2.45, 2.75) is 50.9 Å². The number of fused-ring (bicyclic) bond motifs is 1. The minimum Gasteiger partial charge on any atom is -0.460 e. The first-order chi connectivity index (χ1) is 11.6. The second kappa shape index (κ2) is 7.18. The molecule has 1 amide bonds. The van der Waals surface area contributed by atoms with E-state index in [4.69, 9.17) is 9.47 Å². The molecule has 24 heavy (non-hydrogen) atoms. The molecule has 0 radical (unpaired) electrons. The highest BCUT2D eigenvalue weighted by Crippen LogP contribution is 2.34. The number of nitrogens with zero attached hydrogens (tertiary/aromatic N) is 1. The van der Waals surface area contributed by atoms with Crippen molar-refractivity contribution in [2.75, 3.05) is 7.11 Å². The van der Waals surface area contributed by atoms with Crippen LogP contribution in [0.25, 0.3) is 6.08 Å². The van der Waals surface area contributed by atoms with Crippen molar-refractivity contribution in [1.29, 1.82) is 0 Å². The minimum atomic E-state index is -0.321. The molecule has 1 fully saturated rings. The van der Waals surface area contributed by atoms with E-state index in [9.17, 15) is 9.59 Å². The van der Waals surface area contributed by atoms with Crippen LogP contribution in [0.2, 0.25) is 0 Å². The fraction of sp³-hybridized carbons (Fsp3) is 0.474. The molecule has 0 aromatic heterocycles. The lowest BCUT2D eigenvalue weighted by molar-refractivity contribution is -0.156. The van der Waals surface area contributed by atoms with Crippen LogP contribution in [0.3, 0.4) is 0 Å². The Kier molecular flexibility index (Phi) is 5.00.